The van der Waals surface area contributed by atoms with Gasteiger partial charge < -0.3 is 18.9 Å². The summed E-state index contributed by atoms with van der Waals surface area (Å²) in [5.41, 5.74) is 16.1. The number of para-hydroxylation sites is 4. The van der Waals surface area contributed by atoms with E-state index in [1.165, 1.54) is 86.4 Å². The largest absolute Gasteiger partial charge is 0.310 e. The number of anilines is 6. The van der Waals surface area contributed by atoms with Crippen molar-refractivity contribution in [2.24, 2.45) is 0 Å². The third-order valence-corrected chi connectivity index (χ3v) is 16.1. The topological polar surface area (TPSA) is 16.3 Å². The fourth-order valence-corrected chi connectivity index (χ4v) is 12.6. The lowest BCUT2D eigenvalue weighted by atomic mass is 10.0. The van der Waals surface area contributed by atoms with Gasteiger partial charge in [-0.15, -0.1) is 11.3 Å². The highest BCUT2D eigenvalue weighted by Crippen LogP contribution is 2.47. The molecular formula is C70H46N4S. The fourth-order valence-electron chi connectivity index (χ4n) is 11.7. The van der Waals surface area contributed by atoms with Crippen LogP contribution in [0.5, 0.6) is 0 Å². The van der Waals surface area contributed by atoms with E-state index in [0.717, 1.165) is 45.5 Å². The zero-order chi connectivity index (χ0) is 49.4. The van der Waals surface area contributed by atoms with E-state index < -0.39 is 0 Å². The van der Waals surface area contributed by atoms with Crippen molar-refractivity contribution in [2.45, 2.75) is 0 Å². The molecule has 4 nitrogen and oxygen atoms in total. The van der Waals surface area contributed by atoms with E-state index in [9.17, 15) is 0 Å². The number of fused-ring (bicyclic) bond motifs is 9. The van der Waals surface area contributed by atoms with Gasteiger partial charge in [0.15, 0.2) is 0 Å². The van der Waals surface area contributed by atoms with Gasteiger partial charge in [-0.1, -0.05) is 152 Å². The second-order valence-corrected chi connectivity index (χ2v) is 20.3. The standard InChI is InChI=1S/C70H46N4S/c1-3-19-52(20-4-1)71(57-35-38-68-63(45-57)60-23-11-13-25-65(60)73(68)55-33-27-47-15-7-9-17-50(47)43-55)54-31-29-49(30-32-54)59-37-40-67(62-41-42-75-70(59)62)72(53-21-5-2-6-22-53)58-36-39-69-64(46-58)61-24-12-14-26-66(61)74(69)56-34-28-48-16-8-10-18-51(48)44-56/h1-46H. The molecule has 352 valence electrons. The lowest BCUT2D eigenvalue weighted by molar-refractivity contribution is 1.18. The Morgan fingerprint density at radius 3 is 1.31 bits per heavy atom. The number of aromatic nitrogens is 2. The number of hydrogen-bond acceptors (Lipinski definition) is 3. The maximum atomic E-state index is 2.43. The van der Waals surface area contributed by atoms with Gasteiger partial charge in [-0.2, -0.15) is 0 Å². The van der Waals surface area contributed by atoms with E-state index in [1.54, 1.807) is 11.3 Å². The highest BCUT2D eigenvalue weighted by Gasteiger charge is 2.22. The van der Waals surface area contributed by atoms with Gasteiger partial charge in [0.25, 0.3) is 0 Å². The van der Waals surface area contributed by atoms with Gasteiger partial charge in [0.2, 0.25) is 0 Å². The van der Waals surface area contributed by atoms with Gasteiger partial charge in [0.05, 0.1) is 27.8 Å². The first-order valence-corrected chi connectivity index (χ1v) is 26.4. The van der Waals surface area contributed by atoms with Crippen LogP contribution in [0.1, 0.15) is 0 Å². The minimum atomic E-state index is 1.09. The highest BCUT2D eigenvalue weighted by molar-refractivity contribution is 7.17. The zero-order valence-electron chi connectivity index (χ0n) is 40.8. The van der Waals surface area contributed by atoms with Crippen LogP contribution in [-0.2, 0) is 0 Å². The van der Waals surface area contributed by atoms with E-state index >= 15 is 0 Å². The van der Waals surface area contributed by atoms with Crippen LogP contribution in [0.3, 0.4) is 0 Å². The number of nitrogens with zero attached hydrogens (tertiary/aromatic N) is 4. The summed E-state index contributed by atoms with van der Waals surface area (Å²) in [6.45, 7) is 0. The molecule has 15 aromatic rings. The van der Waals surface area contributed by atoms with E-state index in [4.69, 9.17) is 0 Å². The quantitative estimate of drug-likeness (QED) is 0.143. The van der Waals surface area contributed by atoms with Gasteiger partial charge in [-0.3, -0.25) is 0 Å². The zero-order valence-corrected chi connectivity index (χ0v) is 41.6. The van der Waals surface area contributed by atoms with Crippen LogP contribution in [0.2, 0.25) is 0 Å². The Morgan fingerprint density at radius 2 is 0.733 bits per heavy atom. The molecule has 12 aromatic carbocycles. The van der Waals surface area contributed by atoms with Crippen molar-refractivity contribution in [1.82, 2.24) is 9.13 Å². The Kier molecular flexibility index (Phi) is 10.0. The van der Waals surface area contributed by atoms with E-state index in [0.29, 0.717) is 0 Å². The van der Waals surface area contributed by atoms with Crippen molar-refractivity contribution < 1.29 is 0 Å². The van der Waals surface area contributed by atoms with Crippen LogP contribution < -0.4 is 9.80 Å². The minimum Gasteiger partial charge on any atom is -0.310 e. The van der Waals surface area contributed by atoms with E-state index in [-0.39, 0.29) is 0 Å². The summed E-state index contributed by atoms with van der Waals surface area (Å²) < 4.78 is 6.07. The normalized spacial score (nSPS) is 11.7. The van der Waals surface area contributed by atoms with Crippen LogP contribution in [0.15, 0.2) is 278 Å². The maximum absolute atomic E-state index is 2.43. The summed E-state index contributed by atoms with van der Waals surface area (Å²) in [6, 6.07) is 99.8. The summed E-state index contributed by atoms with van der Waals surface area (Å²) in [5.74, 6) is 0. The number of benzene rings is 12. The first kappa shape index (κ1) is 43.0. The lowest BCUT2D eigenvalue weighted by Gasteiger charge is -2.27. The monoisotopic (exact) mass is 974 g/mol. The summed E-state index contributed by atoms with van der Waals surface area (Å²) in [6.07, 6.45) is 0. The predicted octanol–water partition coefficient (Wildman–Crippen LogP) is 20.0. The third-order valence-electron chi connectivity index (χ3n) is 15.1. The molecule has 0 aliphatic rings. The molecule has 3 aromatic heterocycles. The number of hydrogen-bond donors (Lipinski definition) is 0. The van der Waals surface area contributed by atoms with Crippen molar-refractivity contribution in [2.75, 3.05) is 9.80 Å². The van der Waals surface area contributed by atoms with E-state index in [1.807, 2.05) is 0 Å². The molecule has 0 bridgehead atoms. The van der Waals surface area contributed by atoms with E-state index in [2.05, 4.69) is 297 Å². The van der Waals surface area contributed by atoms with Gasteiger partial charge in [-0.25, -0.2) is 0 Å². The SMILES string of the molecule is c1ccc(N(c2ccc(-c3ccc(N(c4ccccc4)c4ccc5c(c4)c4ccccc4n5-c4ccc5ccccc5c4)c4ccsc34)cc2)c2ccc3c(c2)c2ccccc2n3-c2ccc3ccccc3c2)cc1. The first-order valence-electron chi connectivity index (χ1n) is 25.6. The second kappa shape index (κ2) is 17.5. The molecule has 0 aliphatic heterocycles. The van der Waals surface area contributed by atoms with Gasteiger partial charge >= 0.3 is 0 Å². The Labute approximate surface area is 438 Å². The minimum absolute atomic E-state index is 1.09. The molecule has 0 fully saturated rings. The molecule has 0 unspecified atom stereocenters. The summed E-state index contributed by atoms with van der Waals surface area (Å²) in [4.78, 5) is 4.81. The smallest absolute Gasteiger partial charge is 0.0548 e. The van der Waals surface area contributed by atoms with Crippen LogP contribution in [0.25, 0.3) is 97.7 Å². The molecule has 15 rings (SSSR count). The summed E-state index contributed by atoms with van der Waals surface area (Å²) in [7, 11) is 0. The molecule has 3 heterocycles. The average molecular weight is 975 g/mol. The Balaban J connectivity index is 0.817. The fraction of sp³-hybridized carbons (Fsp3) is 0. The highest BCUT2D eigenvalue weighted by atomic mass is 32.1. The molecule has 0 saturated heterocycles. The van der Waals surface area contributed by atoms with Crippen molar-refractivity contribution in [3.8, 4) is 22.5 Å². The molecule has 0 N–H and O–H groups in total. The molecule has 5 heteroatoms. The van der Waals surface area contributed by atoms with Gasteiger partial charge in [0.1, 0.15) is 0 Å². The van der Waals surface area contributed by atoms with Crippen molar-refractivity contribution >= 4 is 121 Å². The molecule has 75 heavy (non-hydrogen) atoms. The lowest BCUT2D eigenvalue weighted by Crippen LogP contribution is -2.10. The predicted molar refractivity (Wildman–Crippen MR) is 320 cm³/mol. The van der Waals surface area contributed by atoms with Crippen LogP contribution in [0, 0.1) is 0 Å². The molecule has 0 saturated carbocycles. The Hall–Kier alpha value is -9.68. The Bertz CT molecular complexity index is 4660. The van der Waals surface area contributed by atoms with Crippen LogP contribution >= 0.6 is 11.3 Å². The maximum Gasteiger partial charge on any atom is 0.0548 e. The molecular weight excluding hydrogens is 929 g/mol. The van der Waals surface area contributed by atoms with Crippen LogP contribution in [0.4, 0.5) is 34.1 Å². The van der Waals surface area contributed by atoms with Crippen molar-refractivity contribution in [3.05, 3.63) is 278 Å². The molecule has 0 aliphatic carbocycles. The second-order valence-electron chi connectivity index (χ2n) is 19.4. The molecule has 0 atom stereocenters. The van der Waals surface area contributed by atoms with Crippen molar-refractivity contribution in [3.63, 3.8) is 0 Å². The van der Waals surface area contributed by atoms with Crippen LogP contribution in [-0.4, -0.2) is 9.13 Å². The summed E-state index contributed by atoms with van der Waals surface area (Å²) >= 11 is 1.80. The van der Waals surface area contributed by atoms with Gasteiger partial charge in [-0.05, 0) is 159 Å². The Morgan fingerprint density at radius 1 is 0.280 bits per heavy atom. The number of thiophene rings is 1. The molecule has 0 spiro atoms. The average Bonchev–Trinajstić information content (AvgIpc) is 4.20. The summed E-state index contributed by atoms with van der Waals surface area (Å²) in [5, 5.41) is 13.3. The van der Waals surface area contributed by atoms with Gasteiger partial charge in [0, 0.05) is 71.4 Å². The number of rotatable bonds is 9. The molecule has 0 amide bonds. The van der Waals surface area contributed by atoms with Crippen molar-refractivity contribution in [1.29, 1.82) is 0 Å². The first-order chi connectivity index (χ1) is 37.2. The molecule has 0 radical (unpaired) electrons. The third kappa shape index (κ3) is 7.12.